The molecule has 1 atom stereocenters. The molecule has 1 unspecified atom stereocenters. The molecule has 3 fully saturated rings. The quantitative estimate of drug-likeness (QED) is 0.710. The summed E-state index contributed by atoms with van der Waals surface area (Å²) in [6, 6.07) is 16.9. The number of amides is 1. The van der Waals surface area contributed by atoms with E-state index in [1.54, 1.807) is 11.3 Å². The SMILES string of the molecule is NCc1ccccc1-c1cccc2cc(C(=O)NC3CN4CCC3CC4)sc12. The lowest BCUT2D eigenvalue weighted by molar-refractivity contribution is 0.0622. The van der Waals surface area contributed by atoms with E-state index in [9.17, 15) is 4.79 Å². The molecular weight excluding hydrogens is 366 g/mol. The molecule has 28 heavy (non-hydrogen) atoms. The Morgan fingerprint density at radius 3 is 2.64 bits per heavy atom. The van der Waals surface area contributed by atoms with Crippen molar-refractivity contribution in [2.45, 2.75) is 25.4 Å². The lowest BCUT2D eigenvalue weighted by atomic mass is 9.84. The van der Waals surface area contributed by atoms with Crippen LogP contribution in [-0.4, -0.2) is 36.5 Å². The van der Waals surface area contributed by atoms with Crippen LogP contribution in [0.2, 0.25) is 0 Å². The third-order valence-electron chi connectivity index (χ3n) is 6.27. The number of hydrogen-bond donors (Lipinski definition) is 2. The van der Waals surface area contributed by atoms with Crippen molar-refractivity contribution < 1.29 is 4.79 Å². The maximum atomic E-state index is 13.0. The fourth-order valence-electron chi connectivity index (χ4n) is 4.72. The summed E-state index contributed by atoms with van der Waals surface area (Å²) >= 11 is 1.59. The first-order chi connectivity index (χ1) is 13.7. The van der Waals surface area contributed by atoms with Crippen LogP contribution in [0.5, 0.6) is 0 Å². The van der Waals surface area contributed by atoms with Gasteiger partial charge in [0, 0.05) is 23.8 Å². The molecule has 4 heterocycles. The van der Waals surface area contributed by atoms with Gasteiger partial charge in [-0.3, -0.25) is 4.79 Å². The van der Waals surface area contributed by atoms with Gasteiger partial charge in [0.15, 0.2) is 0 Å². The van der Waals surface area contributed by atoms with Crippen molar-refractivity contribution >= 4 is 27.3 Å². The van der Waals surface area contributed by atoms with Crippen molar-refractivity contribution in [2.75, 3.05) is 19.6 Å². The number of nitrogens with two attached hydrogens (primary N) is 1. The molecule has 0 saturated carbocycles. The predicted octanol–water partition coefficient (Wildman–Crippen LogP) is 3.85. The highest BCUT2D eigenvalue weighted by Gasteiger charge is 2.35. The maximum absolute atomic E-state index is 13.0. The number of nitrogens with one attached hydrogen (secondary N) is 1. The molecule has 0 spiro atoms. The minimum absolute atomic E-state index is 0.0676. The summed E-state index contributed by atoms with van der Waals surface area (Å²) in [6.07, 6.45) is 2.41. The van der Waals surface area contributed by atoms with Crippen LogP contribution >= 0.6 is 11.3 Å². The summed E-state index contributed by atoms with van der Waals surface area (Å²) in [4.78, 5) is 16.3. The number of rotatable bonds is 4. The van der Waals surface area contributed by atoms with Crippen LogP contribution in [-0.2, 0) is 6.54 Å². The third kappa shape index (κ3) is 3.13. The van der Waals surface area contributed by atoms with Gasteiger partial charge in [0.2, 0.25) is 0 Å². The van der Waals surface area contributed by atoms with Crippen molar-refractivity contribution in [2.24, 2.45) is 11.7 Å². The molecule has 3 aliphatic heterocycles. The Bertz CT molecular complexity index is 1020. The maximum Gasteiger partial charge on any atom is 0.261 e. The molecular formula is C23H25N3OS. The van der Waals surface area contributed by atoms with Crippen LogP contribution in [0.1, 0.15) is 28.1 Å². The number of benzene rings is 2. The summed E-state index contributed by atoms with van der Waals surface area (Å²) in [7, 11) is 0. The molecule has 6 rings (SSSR count). The lowest BCUT2D eigenvalue weighted by Gasteiger charge is -2.44. The first-order valence-corrected chi connectivity index (χ1v) is 10.9. The van der Waals surface area contributed by atoms with Crippen LogP contribution in [0.3, 0.4) is 0 Å². The highest BCUT2D eigenvalue weighted by molar-refractivity contribution is 7.21. The van der Waals surface area contributed by atoms with E-state index in [2.05, 4.69) is 40.5 Å². The normalized spacial score (nSPS) is 23.8. The number of hydrogen-bond acceptors (Lipinski definition) is 4. The fourth-order valence-corrected chi connectivity index (χ4v) is 5.81. The molecule has 0 radical (unpaired) electrons. The third-order valence-corrected chi connectivity index (χ3v) is 7.45. The molecule has 2 aromatic carbocycles. The van der Waals surface area contributed by atoms with Gasteiger partial charge < -0.3 is 16.0 Å². The summed E-state index contributed by atoms with van der Waals surface area (Å²) in [5.41, 5.74) is 9.39. The zero-order valence-electron chi connectivity index (χ0n) is 15.9. The molecule has 1 amide bonds. The average Bonchev–Trinajstić information content (AvgIpc) is 3.19. The van der Waals surface area contributed by atoms with Crippen molar-refractivity contribution in [3.8, 4) is 11.1 Å². The Kier molecular flexibility index (Phi) is 4.67. The highest BCUT2D eigenvalue weighted by atomic mass is 32.1. The van der Waals surface area contributed by atoms with Crippen LogP contribution in [0.15, 0.2) is 48.5 Å². The van der Waals surface area contributed by atoms with Crippen LogP contribution in [0, 0.1) is 5.92 Å². The Balaban J connectivity index is 1.46. The van der Waals surface area contributed by atoms with E-state index >= 15 is 0 Å². The molecule has 3 aliphatic rings. The van der Waals surface area contributed by atoms with Gasteiger partial charge in [-0.25, -0.2) is 0 Å². The van der Waals surface area contributed by atoms with Gasteiger partial charge in [-0.15, -0.1) is 11.3 Å². The predicted molar refractivity (Wildman–Crippen MR) is 116 cm³/mol. The standard InChI is InChI=1S/C23H25N3OS/c24-13-17-4-1-2-6-18(17)19-7-3-5-16-12-21(28-22(16)19)23(27)25-20-14-26-10-8-15(20)9-11-26/h1-7,12,15,20H,8-11,13-14,24H2,(H,25,27). The van der Waals surface area contributed by atoms with Crippen LogP contribution in [0.25, 0.3) is 21.2 Å². The number of fused-ring (bicyclic) bond motifs is 4. The summed E-state index contributed by atoms with van der Waals surface area (Å²) in [5.74, 6) is 0.702. The second-order valence-electron chi connectivity index (χ2n) is 7.91. The number of carbonyl (C=O) groups excluding carboxylic acids is 1. The van der Waals surface area contributed by atoms with Gasteiger partial charge in [0.05, 0.1) is 4.88 Å². The lowest BCUT2D eigenvalue weighted by Crippen LogP contribution is -2.57. The van der Waals surface area contributed by atoms with E-state index in [4.69, 9.17) is 5.73 Å². The van der Waals surface area contributed by atoms with Gasteiger partial charge in [-0.2, -0.15) is 0 Å². The van der Waals surface area contributed by atoms with Gasteiger partial charge in [-0.05, 0) is 60.0 Å². The van der Waals surface area contributed by atoms with Crippen LogP contribution in [0.4, 0.5) is 0 Å². The summed E-state index contributed by atoms with van der Waals surface area (Å²) in [5, 5.41) is 4.44. The summed E-state index contributed by atoms with van der Waals surface area (Å²) < 4.78 is 1.16. The van der Waals surface area contributed by atoms with Crippen molar-refractivity contribution in [3.63, 3.8) is 0 Å². The van der Waals surface area contributed by atoms with E-state index in [1.807, 2.05) is 18.2 Å². The summed E-state index contributed by atoms with van der Waals surface area (Å²) in [6.45, 7) is 3.87. The van der Waals surface area contributed by atoms with Gasteiger partial charge in [-0.1, -0.05) is 42.5 Å². The molecule has 3 N–H and O–H groups in total. The van der Waals surface area contributed by atoms with E-state index in [1.165, 1.54) is 25.9 Å². The molecule has 2 bridgehead atoms. The van der Waals surface area contributed by atoms with E-state index in [-0.39, 0.29) is 11.9 Å². The molecule has 144 valence electrons. The van der Waals surface area contributed by atoms with Crippen molar-refractivity contribution in [1.29, 1.82) is 0 Å². The first-order valence-electron chi connectivity index (χ1n) is 10.1. The number of piperidine rings is 3. The number of carbonyl (C=O) groups is 1. The Hall–Kier alpha value is -2.21. The molecule has 3 saturated heterocycles. The highest BCUT2D eigenvalue weighted by Crippen LogP contribution is 2.36. The van der Waals surface area contributed by atoms with E-state index in [0.29, 0.717) is 12.5 Å². The number of nitrogens with zero attached hydrogens (tertiary/aromatic N) is 1. The smallest absolute Gasteiger partial charge is 0.261 e. The Morgan fingerprint density at radius 1 is 1.11 bits per heavy atom. The van der Waals surface area contributed by atoms with E-state index in [0.717, 1.165) is 38.2 Å². The topological polar surface area (TPSA) is 58.4 Å². The van der Waals surface area contributed by atoms with Crippen LogP contribution < -0.4 is 11.1 Å². The fraction of sp³-hybridized carbons (Fsp3) is 0.348. The minimum Gasteiger partial charge on any atom is -0.347 e. The second-order valence-corrected chi connectivity index (χ2v) is 8.97. The zero-order chi connectivity index (χ0) is 19.1. The molecule has 4 nitrogen and oxygen atoms in total. The Labute approximate surface area is 169 Å². The van der Waals surface area contributed by atoms with E-state index < -0.39 is 0 Å². The van der Waals surface area contributed by atoms with Crippen molar-refractivity contribution in [3.05, 3.63) is 59.0 Å². The largest absolute Gasteiger partial charge is 0.347 e. The van der Waals surface area contributed by atoms with Crippen molar-refractivity contribution in [1.82, 2.24) is 10.2 Å². The van der Waals surface area contributed by atoms with Gasteiger partial charge in [0.1, 0.15) is 0 Å². The number of thiophene rings is 1. The molecule has 1 aromatic heterocycles. The molecule has 5 heteroatoms. The Morgan fingerprint density at radius 2 is 1.89 bits per heavy atom. The van der Waals surface area contributed by atoms with Gasteiger partial charge in [0.25, 0.3) is 5.91 Å². The van der Waals surface area contributed by atoms with Gasteiger partial charge >= 0.3 is 0 Å². The average molecular weight is 392 g/mol. The molecule has 3 aromatic rings. The second kappa shape index (κ2) is 7.32. The minimum atomic E-state index is 0.0676. The monoisotopic (exact) mass is 391 g/mol. The zero-order valence-corrected chi connectivity index (χ0v) is 16.7. The molecule has 0 aliphatic carbocycles. The first kappa shape index (κ1) is 17.9.